The van der Waals surface area contributed by atoms with Crippen LogP contribution in [0.5, 0.6) is 0 Å². The molecule has 1 aliphatic carbocycles. The van der Waals surface area contributed by atoms with Crippen molar-refractivity contribution < 1.29 is 8.42 Å². The molecule has 0 radical (unpaired) electrons. The van der Waals surface area contributed by atoms with Crippen molar-refractivity contribution in [3.8, 4) is 17.2 Å². The Morgan fingerprint density at radius 3 is 2.58 bits per heavy atom. The fourth-order valence-electron chi connectivity index (χ4n) is 5.41. The summed E-state index contributed by atoms with van der Waals surface area (Å²) >= 11 is 0. The minimum atomic E-state index is -3.23. The van der Waals surface area contributed by atoms with E-state index in [1.165, 1.54) is 0 Å². The van der Waals surface area contributed by atoms with Gasteiger partial charge in [-0.15, -0.1) is 0 Å². The molecule has 5 nitrogen and oxygen atoms in total. The first-order valence-electron chi connectivity index (χ1n) is 10.9. The van der Waals surface area contributed by atoms with Crippen LogP contribution in [0.3, 0.4) is 0 Å². The van der Waals surface area contributed by atoms with E-state index in [1.54, 1.807) is 23.6 Å². The Balaban J connectivity index is 1.60. The highest BCUT2D eigenvalue weighted by molar-refractivity contribution is 7.90. The van der Waals surface area contributed by atoms with Gasteiger partial charge in [0.1, 0.15) is 0 Å². The maximum atomic E-state index is 12.8. The molecular formula is C25H29N3O2S. The van der Waals surface area contributed by atoms with E-state index in [0.29, 0.717) is 17.4 Å². The van der Waals surface area contributed by atoms with Gasteiger partial charge in [-0.2, -0.15) is 5.26 Å². The molecule has 0 N–H and O–H groups in total. The third-order valence-corrected chi connectivity index (χ3v) is 9.85. The van der Waals surface area contributed by atoms with Crippen molar-refractivity contribution in [3.05, 3.63) is 59.9 Å². The highest BCUT2D eigenvalue weighted by Crippen LogP contribution is 2.49. The van der Waals surface area contributed by atoms with Crippen molar-refractivity contribution in [1.82, 2.24) is 9.29 Å². The van der Waals surface area contributed by atoms with Crippen LogP contribution in [0.25, 0.3) is 17.2 Å². The molecule has 0 amide bonds. The molecule has 4 rings (SSSR count). The van der Waals surface area contributed by atoms with Crippen molar-refractivity contribution in [2.24, 2.45) is 23.7 Å². The molecule has 0 unspecified atom stereocenters. The molecule has 1 saturated carbocycles. The number of aromatic nitrogens is 1. The van der Waals surface area contributed by atoms with E-state index in [0.717, 1.165) is 23.2 Å². The van der Waals surface area contributed by atoms with Crippen molar-refractivity contribution in [2.75, 3.05) is 7.05 Å². The van der Waals surface area contributed by atoms with Gasteiger partial charge in [0.25, 0.3) is 0 Å². The molecule has 31 heavy (non-hydrogen) atoms. The van der Waals surface area contributed by atoms with E-state index in [-0.39, 0.29) is 23.1 Å². The lowest BCUT2D eigenvalue weighted by molar-refractivity contribution is 0.0941. The summed E-state index contributed by atoms with van der Waals surface area (Å²) in [7, 11) is -1.50. The van der Waals surface area contributed by atoms with Crippen LogP contribution in [0, 0.1) is 35.0 Å². The second-order valence-corrected chi connectivity index (χ2v) is 11.4. The Morgan fingerprint density at radius 2 is 1.90 bits per heavy atom. The van der Waals surface area contributed by atoms with Crippen LogP contribution in [-0.4, -0.2) is 36.0 Å². The standard InChI is InChI=1S/C25H29N3O2S/c1-16-13-24-25(18(3)31(29,30)28(24)4)22(17(16)2)12-11-21-10-9-20(15-27-21)23-8-6-5-7-19(23)14-26/h5-12,15-18,22,24-25H,13H2,1-4H3/t16-,17+,18+,22-,24+,25-/m0/s1. The summed E-state index contributed by atoms with van der Waals surface area (Å²) in [6.07, 6.45) is 6.91. The van der Waals surface area contributed by atoms with Gasteiger partial charge in [-0.05, 0) is 55.2 Å². The van der Waals surface area contributed by atoms with Crippen molar-refractivity contribution in [1.29, 1.82) is 5.26 Å². The zero-order chi connectivity index (χ0) is 22.3. The van der Waals surface area contributed by atoms with Gasteiger partial charge >= 0.3 is 0 Å². The Kier molecular flexibility index (Phi) is 5.76. The van der Waals surface area contributed by atoms with Gasteiger partial charge in [-0.25, -0.2) is 12.7 Å². The molecular weight excluding hydrogens is 406 g/mol. The van der Waals surface area contributed by atoms with Crippen molar-refractivity contribution in [2.45, 2.75) is 38.5 Å². The Morgan fingerprint density at radius 1 is 1.16 bits per heavy atom. The lowest BCUT2D eigenvalue weighted by Crippen LogP contribution is -2.44. The van der Waals surface area contributed by atoms with Gasteiger partial charge in [0, 0.05) is 30.4 Å². The van der Waals surface area contributed by atoms with E-state index in [4.69, 9.17) is 0 Å². The highest BCUT2D eigenvalue weighted by Gasteiger charge is 2.55. The van der Waals surface area contributed by atoms with Crippen LogP contribution in [-0.2, 0) is 10.0 Å². The van der Waals surface area contributed by atoms with Gasteiger partial charge < -0.3 is 0 Å². The summed E-state index contributed by atoms with van der Waals surface area (Å²) in [5.74, 6) is 1.14. The third kappa shape index (κ3) is 3.71. The Hall–Kier alpha value is -2.49. The number of rotatable bonds is 3. The number of nitriles is 1. The van der Waals surface area contributed by atoms with Crippen molar-refractivity contribution >= 4 is 16.1 Å². The smallest absolute Gasteiger partial charge is 0.217 e. The van der Waals surface area contributed by atoms with Crippen LogP contribution in [0.1, 0.15) is 38.4 Å². The number of nitrogens with zero attached hydrogens (tertiary/aromatic N) is 3. The summed E-state index contributed by atoms with van der Waals surface area (Å²) in [6.45, 7) is 6.33. The molecule has 2 aromatic rings. The number of hydrogen-bond acceptors (Lipinski definition) is 4. The van der Waals surface area contributed by atoms with Gasteiger partial charge in [-0.1, -0.05) is 44.2 Å². The number of allylic oxidation sites excluding steroid dienone is 1. The van der Waals surface area contributed by atoms with Gasteiger partial charge in [0.05, 0.1) is 22.6 Å². The van der Waals surface area contributed by atoms with Crippen LogP contribution < -0.4 is 0 Å². The number of fused-ring (bicyclic) bond motifs is 1. The van der Waals surface area contributed by atoms with E-state index in [1.807, 2.05) is 43.3 Å². The topological polar surface area (TPSA) is 74.1 Å². The minimum Gasteiger partial charge on any atom is -0.256 e. The highest BCUT2D eigenvalue weighted by atomic mass is 32.2. The first-order valence-corrected chi connectivity index (χ1v) is 12.4. The molecule has 2 aliphatic rings. The summed E-state index contributed by atoms with van der Waals surface area (Å²) in [4.78, 5) is 4.58. The zero-order valence-corrected chi connectivity index (χ0v) is 19.3. The van der Waals surface area contributed by atoms with E-state index in [9.17, 15) is 13.7 Å². The third-order valence-electron chi connectivity index (χ3n) is 7.52. The van der Waals surface area contributed by atoms with E-state index in [2.05, 4.69) is 31.0 Å². The molecule has 1 aromatic heterocycles. The molecule has 6 atom stereocenters. The van der Waals surface area contributed by atoms with Gasteiger partial charge in [-0.3, -0.25) is 4.98 Å². The number of sulfonamides is 1. The fraction of sp³-hybridized carbons (Fsp3) is 0.440. The second kappa shape index (κ2) is 8.22. The molecule has 0 spiro atoms. The molecule has 1 saturated heterocycles. The average molecular weight is 436 g/mol. The number of pyridine rings is 1. The van der Waals surface area contributed by atoms with Crippen LogP contribution in [0.4, 0.5) is 0 Å². The maximum Gasteiger partial charge on any atom is 0.217 e. The minimum absolute atomic E-state index is 0.0682. The van der Waals surface area contributed by atoms with Crippen molar-refractivity contribution in [3.63, 3.8) is 0 Å². The largest absolute Gasteiger partial charge is 0.256 e. The zero-order valence-electron chi connectivity index (χ0n) is 18.4. The summed E-state index contributed by atoms with van der Waals surface area (Å²) in [6, 6.07) is 13.7. The van der Waals surface area contributed by atoms with Crippen LogP contribution >= 0.6 is 0 Å². The lowest BCUT2D eigenvalue weighted by Gasteiger charge is -2.42. The Labute approximate surface area is 185 Å². The van der Waals surface area contributed by atoms with Crippen LogP contribution in [0.15, 0.2) is 48.7 Å². The first-order chi connectivity index (χ1) is 14.8. The van der Waals surface area contributed by atoms with Gasteiger partial charge in [0.2, 0.25) is 10.0 Å². The normalized spacial score (nSPS) is 32.6. The monoisotopic (exact) mass is 435 g/mol. The molecule has 6 heteroatoms. The first kappa shape index (κ1) is 21.7. The molecule has 2 fully saturated rings. The van der Waals surface area contributed by atoms with E-state index >= 15 is 0 Å². The molecule has 1 aromatic carbocycles. The van der Waals surface area contributed by atoms with Crippen LogP contribution in [0.2, 0.25) is 0 Å². The molecule has 2 heterocycles. The SMILES string of the molecule is C[C@H]1[C@H](C=Cc2ccc(-c3ccccc3C#N)cn2)[C@H]2[C@@H](C[C@@H]1C)N(C)S(=O)(=O)[C@@H]2C. The fourth-order valence-corrected chi connectivity index (χ4v) is 7.30. The lowest BCUT2D eigenvalue weighted by atomic mass is 9.64. The molecule has 0 bridgehead atoms. The predicted molar refractivity (Wildman–Crippen MR) is 123 cm³/mol. The summed E-state index contributed by atoms with van der Waals surface area (Å²) in [5.41, 5.74) is 3.25. The molecule has 162 valence electrons. The second-order valence-electron chi connectivity index (χ2n) is 9.05. The number of benzene rings is 1. The quantitative estimate of drug-likeness (QED) is 0.708. The van der Waals surface area contributed by atoms with E-state index < -0.39 is 10.0 Å². The summed E-state index contributed by atoms with van der Waals surface area (Å²) < 4.78 is 27.2. The van der Waals surface area contributed by atoms with Gasteiger partial charge in [0.15, 0.2) is 0 Å². The molecule has 1 aliphatic heterocycles. The number of hydrogen-bond donors (Lipinski definition) is 0. The maximum absolute atomic E-state index is 12.8. The summed E-state index contributed by atoms with van der Waals surface area (Å²) in [5, 5.41) is 8.96. The predicted octanol–water partition coefficient (Wildman–Crippen LogP) is 4.57. The average Bonchev–Trinajstić information content (AvgIpc) is 2.94. The Bertz CT molecular complexity index is 1130.